The fraction of sp³-hybridized carbons (Fsp3) is 0.636. The number of carbonyl (C=O) groups is 2. The van der Waals surface area contributed by atoms with E-state index in [1.165, 1.54) is 4.31 Å². The van der Waals surface area contributed by atoms with Crippen LogP contribution in [0.3, 0.4) is 0 Å². The zero-order valence-corrected chi connectivity index (χ0v) is 20.4. The van der Waals surface area contributed by atoms with Gasteiger partial charge in [-0.05, 0) is 51.2 Å². The normalized spacial score (nSPS) is 26.4. The first-order valence-corrected chi connectivity index (χ1v) is 14.7. The van der Waals surface area contributed by atoms with Gasteiger partial charge in [-0.3, -0.25) is 9.59 Å². The fourth-order valence-electron chi connectivity index (χ4n) is 4.95. The van der Waals surface area contributed by atoms with Gasteiger partial charge < -0.3 is 10.2 Å². The lowest BCUT2D eigenvalue weighted by atomic mass is 9.96. The van der Waals surface area contributed by atoms with Crippen molar-refractivity contribution in [3.8, 4) is 0 Å². The van der Waals surface area contributed by atoms with Crippen LogP contribution in [-0.2, 0) is 29.4 Å². The van der Waals surface area contributed by atoms with Crippen LogP contribution in [0.4, 0.5) is 0 Å². The summed E-state index contributed by atoms with van der Waals surface area (Å²) in [6.07, 6.45) is 2.50. The summed E-state index contributed by atoms with van der Waals surface area (Å²) < 4.78 is 50.6. The standard InChI is InChI=1S/C22H31N3O6S2/c1-16-4-6-19(7-5-16)33(30,31)24-12-8-17(9-13-24)22(27)25-11-2-3-20(25)21(26)23-18-10-14-32(28,29)15-18/h4-7,17-18,20H,2-3,8-15H2,1H3,(H,23,26)/t18-,20+/m1/s1. The molecule has 3 fully saturated rings. The van der Waals surface area contributed by atoms with Crippen molar-refractivity contribution in [3.05, 3.63) is 29.8 Å². The minimum Gasteiger partial charge on any atom is -0.351 e. The maximum atomic E-state index is 13.2. The zero-order valence-electron chi connectivity index (χ0n) is 18.8. The first kappa shape index (κ1) is 24.2. The molecule has 2 amide bonds. The van der Waals surface area contributed by atoms with Gasteiger partial charge in [0.1, 0.15) is 6.04 Å². The summed E-state index contributed by atoms with van der Waals surface area (Å²) in [6.45, 7) is 2.91. The van der Waals surface area contributed by atoms with Gasteiger partial charge in [0.2, 0.25) is 21.8 Å². The number of likely N-dealkylation sites (tertiary alicyclic amines) is 1. The molecule has 0 saturated carbocycles. The van der Waals surface area contributed by atoms with Crippen molar-refractivity contribution in [2.45, 2.75) is 56.0 Å². The van der Waals surface area contributed by atoms with Gasteiger partial charge in [-0.15, -0.1) is 0 Å². The highest BCUT2D eigenvalue weighted by atomic mass is 32.2. The van der Waals surface area contributed by atoms with E-state index in [-0.39, 0.29) is 47.2 Å². The third-order valence-electron chi connectivity index (χ3n) is 6.88. The molecule has 3 heterocycles. The van der Waals surface area contributed by atoms with E-state index in [4.69, 9.17) is 0 Å². The number of sulfonamides is 1. The van der Waals surface area contributed by atoms with Crippen molar-refractivity contribution in [3.63, 3.8) is 0 Å². The average Bonchev–Trinajstić information content (AvgIpc) is 3.40. The van der Waals surface area contributed by atoms with Gasteiger partial charge in [-0.2, -0.15) is 4.31 Å². The molecule has 0 aromatic heterocycles. The molecule has 9 nitrogen and oxygen atoms in total. The van der Waals surface area contributed by atoms with E-state index >= 15 is 0 Å². The minimum absolute atomic E-state index is 0.0483. The summed E-state index contributed by atoms with van der Waals surface area (Å²) in [5, 5.41) is 2.81. The minimum atomic E-state index is -3.60. The number of sulfone groups is 1. The van der Waals surface area contributed by atoms with Crippen LogP contribution in [0.1, 0.15) is 37.7 Å². The number of piperidine rings is 1. The van der Waals surface area contributed by atoms with Crippen molar-refractivity contribution in [1.82, 2.24) is 14.5 Å². The lowest BCUT2D eigenvalue weighted by Gasteiger charge is -2.34. The molecule has 2 atom stereocenters. The molecular formula is C22H31N3O6S2. The van der Waals surface area contributed by atoms with Gasteiger partial charge in [-0.1, -0.05) is 17.7 Å². The molecule has 3 aliphatic rings. The van der Waals surface area contributed by atoms with E-state index < -0.39 is 31.9 Å². The van der Waals surface area contributed by atoms with Crippen LogP contribution < -0.4 is 5.32 Å². The van der Waals surface area contributed by atoms with Crippen LogP contribution in [-0.4, -0.2) is 81.1 Å². The number of benzene rings is 1. The van der Waals surface area contributed by atoms with E-state index in [0.29, 0.717) is 38.6 Å². The molecule has 0 bridgehead atoms. The maximum Gasteiger partial charge on any atom is 0.243 e. The molecule has 3 saturated heterocycles. The molecular weight excluding hydrogens is 466 g/mol. The van der Waals surface area contributed by atoms with Gasteiger partial charge in [0, 0.05) is 31.6 Å². The summed E-state index contributed by atoms with van der Waals surface area (Å²) in [6, 6.07) is 5.76. The van der Waals surface area contributed by atoms with Crippen LogP contribution in [0.2, 0.25) is 0 Å². The van der Waals surface area contributed by atoms with Crippen molar-refractivity contribution >= 4 is 31.7 Å². The van der Waals surface area contributed by atoms with Crippen molar-refractivity contribution in [2.24, 2.45) is 5.92 Å². The van der Waals surface area contributed by atoms with Crippen LogP contribution in [0.5, 0.6) is 0 Å². The molecule has 0 spiro atoms. The predicted molar refractivity (Wildman–Crippen MR) is 123 cm³/mol. The first-order valence-electron chi connectivity index (χ1n) is 11.4. The van der Waals surface area contributed by atoms with Gasteiger partial charge in [-0.25, -0.2) is 16.8 Å². The Labute approximate surface area is 195 Å². The second kappa shape index (κ2) is 9.34. The lowest BCUT2D eigenvalue weighted by Crippen LogP contribution is -2.51. The Morgan fingerprint density at radius 1 is 1.00 bits per heavy atom. The predicted octanol–water partition coefficient (Wildman–Crippen LogP) is 0.690. The summed E-state index contributed by atoms with van der Waals surface area (Å²) >= 11 is 0. The van der Waals surface area contributed by atoms with E-state index in [1.54, 1.807) is 29.2 Å². The van der Waals surface area contributed by atoms with Crippen LogP contribution in [0.15, 0.2) is 29.2 Å². The van der Waals surface area contributed by atoms with Crippen LogP contribution in [0.25, 0.3) is 0 Å². The Bertz CT molecular complexity index is 1110. The average molecular weight is 498 g/mol. The Morgan fingerprint density at radius 2 is 1.67 bits per heavy atom. The molecule has 1 N–H and O–H groups in total. The Balaban J connectivity index is 1.35. The molecule has 0 unspecified atom stereocenters. The van der Waals surface area contributed by atoms with E-state index in [9.17, 15) is 26.4 Å². The zero-order chi connectivity index (χ0) is 23.8. The summed E-state index contributed by atoms with van der Waals surface area (Å²) in [4.78, 5) is 27.8. The number of nitrogens with one attached hydrogen (secondary N) is 1. The van der Waals surface area contributed by atoms with E-state index in [1.807, 2.05) is 6.92 Å². The third kappa shape index (κ3) is 5.25. The molecule has 3 aliphatic heterocycles. The highest BCUT2D eigenvalue weighted by molar-refractivity contribution is 7.91. The maximum absolute atomic E-state index is 13.2. The molecule has 1 aromatic rings. The number of nitrogens with zero attached hydrogens (tertiary/aromatic N) is 2. The summed E-state index contributed by atoms with van der Waals surface area (Å²) in [7, 11) is -6.70. The highest BCUT2D eigenvalue weighted by Crippen LogP contribution is 2.28. The van der Waals surface area contributed by atoms with E-state index in [2.05, 4.69) is 5.32 Å². The largest absolute Gasteiger partial charge is 0.351 e. The number of aryl methyl sites for hydroxylation is 1. The topological polar surface area (TPSA) is 121 Å². The third-order valence-corrected chi connectivity index (χ3v) is 10.6. The molecule has 0 aliphatic carbocycles. The van der Waals surface area contributed by atoms with Crippen molar-refractivity contribution in [2.75, 3.05) is 31.1 Å². The highest BCUT2D eigenvalue weighted by Gasteiger charge is 2.40. The number of hydrogen-bond acceptors (Lipinski definition) is 6. The van der Waals surface area contributed by atoms with Crippen molar-refractivity contribution < 1.29 is 26.4 Å². The number of amides is 2. The van der Waals surface area contributed by atoms with Gasteiger partial charge in [0.05, 0.1) is 16.4 Å². The lowest BCUT2D eigenvalue weighted by molar-refractivity contribution is -0.142. The monoisotopic (exact) mass is 497 g/mol. The second-order valence-corrected chi connectivity index (χ2v) is 13.5. The van der Waals surface area contributed by atoms with Gasteiger partial charge in [0.25, 0.3) is 0 Å². The van der Waals surface area contributed by atoms with Gasteiger partial charge >= 0.3 is 0 Å². The summed E-state index contributed by atoms with van der Waals surface area (Å²) in [5.41, 5.74) is 0.983. The molecule has 11 heteroatoms. The van der Waals surface area contributed by atoms with Crippen molar-refractivity contribution in [1.29, 1.82) is 0 Å². The van der Waals surface area contributed by atoms with Crippen LogP contribution >= 0.6 is 0 Å². The second-order valence-electron chi connectivity index (χ2n) is 9.29. The molecule has 182 valence electrons. The Morgan fingerprint density at radius 3 is 2.27 bits per heavy atom. The first-order chi connectivity index (χ1) is 15.6. The SMILES string of the molecule is Cc1ccc(S(=O)(=O)N2CCC(C(=O)N3CCC[C@H]3C(=O)N[C@@H]3CCS(=O)(=O)C3)CC2)cc1. The summed E-state index contributed by atoms with van der Waals surface area (Å²) in [5.74, 6) is -0.695. The smallest absolute Gasteiger partial charge is 0.243 e. The fourth-order valence-corrected chi connectivity index (χ4v) is 8.09. The Kier molecular flexibility index (Phi) is 6.84. The van der Waals surface area contributed by atoms with Gasteiger partial charge in [0.15, 0.2) is 9.84 Å². The number of carbonyl (C=O) groups excluding carboxylic acids is 2. The molecule has 33 heavy (non-hydrogen) atoms. The molecule has 1 aromatic carbocycles. The number of rotatable bonds is 5. The van der Waals surface area contributed by atoms with Crippen LogP contribution in [0, 0.1) is 12.8 Å². The van der Waals surface area contributed by atoms with E-state index in [0.717, 1.165) is 5.56 Å². The molecule has 4 rings (SSSR count). The number of hydrogen-bond donors (Lipinski definition) is 1. The Hall–Kier alpha value is -1.98. The quantitative estimate of drug-likeness (QED) is 0.639. The molecule has 0 radical (unpaired) electrons.